The first-order valence-electron chi connectivity index (χ1n) is 4.11. The number of benzene rings is 1. The summed E-state index contributed by atoms with van der Waals surface area (Å²) in [7, 11) is 0. The third kappa shape index (κ3) is 3.69. The Balaban J connectivity index is 2.44. The van der Waals surface area contributed by atoms with Crippen molar-refractivity contribution in [3.05, 3.63) is 27.8 Å². The van der Waals surface area contributed by atoms with Gasteiger partial charge in [-0.15, -0.1) is 11.8 Å². The number of hydrogen-bond donors (Lipinski definition) is 0. The van der Waals surface area contributed by atoms with E-state index >= 15 is 0 Å². The van der Waals surface area contributed by atoms with Gasteiger partial charge in [0, 0.05) is 6.42 Å². The summed E-state index contributed by atoms with van der Waals surface area (Å²) in [5.74, 6) is 6.74. The molecule has 0 amide bonds. The molecule has 13 heavy (non-hydrogen) atoms. The molecule has 0 aliphatic heterocycles. The van der Waals surface area contributed by atoms with Crippen molar-refractivity contribution in [1.29, 1.82) is 0 Å². The minimum Gasteiger partial charge on any atom is -0.491 e. The van der Waals surface area contributed by atoms with Gasteiger partial charge in [0.05, 0.1) is 10.2 Å². The summed E-state index contributed by atoms with van der Waals surface area (Å²) in [6.07, 6.45) is 0.793. The van der Waals surface area contributed by atoms with Gasteiger partial charge < -0.3 is 4.74 Å². The van der Waals surface area contributed by atoms with Crippen molar-refractivity contribution in [2.45, 2.75) is 13.3 Å². The molecule has 1 aromatic carbocycles. The third-order valence-electron chi connectivity index (χ3n) is 1.50. The molecule has 0 spiro atoms. The van der Waals surface area contributed by atoms with Crippen molar-refractivity contribution in [3.63, 3.8) is 0 Å². The van der Waals surface area contributed by atoms with Gasteiger partial charge in [-0.2, -0.15) is 0 Å². The normalized spacial score (nSPS) is 8.77. The Bertz CT molecular complexity index is 322. The summed E-state index contributed by atoms with van der Waals surface area (Å²) in [5.41, 5.74) is 0. The minimum absolute atomic E-state index is 0.668. The second-order valence-electron chi connectivity index (χ2n) is 2.46. The van der Waals surface area contributed by atoms with Crippen molar-refractivity contribution in [2.75, 3.05) is 6.61 Å². The van der Waals surface area contributed by atoms with E-state index in [2.05, 4.69) is 34.4 Å². The molecule has 0 saturated heterocycles. The summed E-state index contributed by atoms with van der Waals surface area (Å²) in [6, 6.07) is 7.98. The highest BCUT2D eigenvalue weighted by atomic mass is 127. The summed E-state index contributed by atoms with van der Waals surface area (Å²) in [4.78, 5) is 0. The van der Waals surface area contributed by atoms with Crippen LogP contribution in [0.15, 0.2) is 24.3 Å². The number of rotatable bonds is 3. The lowest BCUT2D eigenvalue weighted by atomic mass is 10.3. The first-order valence-corrected chi connectivity index (χ1v) is 5.19. The lowest BCUT2D eigenvalue weighted by Gasteiger charge is -2.04. The molecule has 0 aliphatic carbocycles. The standard InChI is InChI=1S/C11H11IO/c1-2-3-6-9-13-11-8-5-4-7-10(11)12/h4-5,7-8H,6,9H2,1H3. The van der Waals surface area contributed by atoms with E-state index in [1.165, 1.54) is 0 Å². The zero-order valence-corrected chi connectivity index (χ0v) is 9.67. The van der Waals surface area contributed by atoms with Gasteiger partial charge in [0.15, 0.2) is 0 Å². The zero-order chi connectivity index (χ0) is 9.52. The van der Waals surface area contributed by atoms with E-state index in [0.29, 0.717) is 6.61 Å². The van der Waals surface area contributed by atoms with Crippen LogP contribution in [0.2, 0.25) is 0 Å². The Morgan fingerprint density at radius 3 is 2.85 bits per heavy atom. The second-order valence-corrected chi connectivity index (χ2v) is 3.62. The first-order chi connectivity index (χ1) is 6.34. The van der Waals surface area contributed by atoms with E-state index in [4.69, 9.17) is 4.74 Å². The predicted octanol–water partition coefficient (Wildman–Crippen LogP) is 3.08. The van der Waals surface area contributed by atoms with Crippen LogP contribution < -0.4 is 4.74 Å². The van der Waals surface area contributed by atoms with E-state index < -0.39 is 0 Å². The van der Waals surface area contributed by atoms with Gasteiger partial charge in [0.1, 0.15) is 5.75 Å². The number of para-hydroxylation sites is 1. The lowest BCUT2D eigenvalue weighted by Crippen LogP contribution is -1.97. The Morgan fingerprint density at radius 1 is 1.38 bits per heavy atom. The molecule has 0 unspecified atom stereocenters. The molecule has 0 saturated carbocycles. The van der Waals surface area contributed by atoms with Crippen LogP contribution in [-0.4, -0.2) is 6.61 Å². The fourth-order valence-electron chi connectivity index (χ4n) is 0.899. The van der Waals surface area contributed by atoms with Crippen LogP contribution in [0.5, 0.6) is 5.75 Å². The highest BCUT2D eigenvalue weighted by Crippen LogP contribution is 2.19. The van der Waals surface area contributed by atoms with Gasteiger partial charge in [-0.05, 0) is 41.6 Å². The Kier molecular flexibility index (Phi) is 4.69. The SMILES string of the molecule is CC#CCCOc1ccccc1I. The highest BCUT2D eigenvalue weighted by Gasteiger charge is 1.96. The molecule has 0 aromatic heterocycles. The van der Waals surface area contributed by atoms with Crippen LogP contribution in [0.25, 0.3) is 0 Å². The van der Waals surface area contributed by atoms with Crippen molar-refractivity contribution in [2.24, 2.45) is 0 Å². The van der Waals surface area contributed by atoms with E-state index in [-0.39, 0.29) is 0 Å². The number of halogens is 1. The largest absolute Gasteiger partial charge is 0.491 e. The summed E-state index contributed by atoms with van der Waals surface area (Å²) >= 11 is 2.26. The van der Waals surface area contributed by atoms with Crippen LogP contribution in [-0.2, 0) is 0 Å². The van der Waals surface area contributed by atoms with E-state index in [0.717, 1.165) is 15.7 Å². The van der Waals surface area contributed by atoms with Gasteiger partial charge in [0.2, 0.25) is 0 Å². The molecule has 0 atom stereocenters. The van der Waals surface area contributed by atoms with Crippen LogP contribution in [0.1, 0.15) is 13.3 Å². The fourth-order valence-corrected chi connectivity index (χ4v) is 1.44. The van der Waals surface area contributed by atoms with Crippen LogP contribution in [0.4, 0.5) is 0 Å². The maximum Gasteiger partial charge on any atom is 0.132 e. The van der Waals surface area contributed by atoms with E-state index in [9.17, 15) is 0 Å². The molecular formula is C11H11IO. The predicted molar refractivity (Wildman–Crippen MR) is 62.7 cm³/mol. The molecule has 0 radical (unpaired) electrons. The van der Waals surface area contributed by atoms with Gasteiger partial charge in [-0.3, -0.25) is 0 Å². The Morgan fingerprint density at radius 2 is 2.15 bits per heavy atom. The zero-order valence-electron chi connectivity index (χ0n) is 7.51. The minimum atomic E-state index is 0.668. The van der Waals surface area contributed by atoms with Gasteiger partial charge in [-0.1, -0.05) is 12.1 Å². The molecule has 68 valence electrons. The van der Waals surface area contributed by atoms with Crippen molar-refractivity contribution in [3.8, 4) is 17.6 Å². The molecule has 0 bridgehead atoms. The number of hydrogen-bond acceptors (Lipinski definition) is 1. The lowest BCUT2D eigenvalue weighted by molar-refractivity contribution is 0.325. The molecule has 1 nitrogen and oxygen atoms in total. The average Bonchev–Trinajstić information content (AvgIpc) is 2.15. The maximum absolute atomic E-state index is 5.53. The third-order valence-corrected chi connectivity index (χ3v) is 2.39. The average molecular weight is 286 g/mol. The Hall–Kier alpha value is -0.690. The van der Waals surface area contributed by atoms with Gasteiger partial charge >= 0.3 is 0 Å². The van der Waals surface area contributed by atoms with Crippen molar-refractivity contribution >= 4 is 22.6 Å². The maximum atomic E-state index is 5.53. The molecule has 2 heteroatoms. The number of ether oxygens (including phenoxy) is 1. The quantitative estimate of drug-likeness (QED) is 0.471. The van der Waals surface area contributed by atoms with Gasteiger partial charge in [0.25, 0.3) is 0 Å². The highest BCUT2D eigenvalue weighted by molar-refractivity contribution is 14.1. The first kappa shape index (κ1) is 10.4. The second kappa shape index (κ2) is 5.87. The molecule has 0 N–H and O–H groups in total. The van der Waals surface area contributed by atoms with Crippen LogP contribution in [0, 0.1) is 15.4 Å². The van der Waals surface area contributed by atoms with Crippen LogP contribution in [0.3, 0.4) is 0 Å². The molecule has 1 aromatic rings. The molecular weight excluding hydrogens is 275 g/mol. The molecule has 1 rings (SSSR count). The Labute approximate surface area is 92.6 Å². The molecule has 0 aliphatic rings. The summed E-state index contributed by atoms with van der Waals surface area (Å²) in [5, 5.41) is 0. The van der Waals surface area contributed by atoms with E-state index in [1.54, 1.807) is 0 Å². The van der Waals surface area contributed by atoms with E-state index in [1.807, 2.05) is 31.2 Å². The van der Waals surface area contributed by atoms with Crippen LogP contribution >= 0.6 is 22.6 Å². The van der Waals surface area contributed by atoms with Crippen molar-refractivity contribution in [1.82, 2.24) is 0 Å². The molecule has 0 heterocycles. The molecule has 0 fully saturated rings. The van der Waals surface area contributed by atoms with Crippen molar-refractivity contribution < 1.29 is 4.74 Å². The smallest absolute Gasteiger partial charge is 0.132 e. The van der Waals surface area contributed by atoms with Gasteiger partial charge in [-0.25, -0.2) is 0 Å². The fraction of sp³-hybridized carbons (Fsp3) is 0.273. The summed E-state index contributed by atoms with van der Waals surface area (Å²) < 4.78 is 6.67. The topological polar surface area (TPSA) is 9.23 Å². The summed E-state index contributed by atoms with van der Waals surface area (Å²) in [6.45, 7) is 2.51. The monoisotopic (exact) mass is 286 g/mol.